The third kappa shape index (κ3) is 2.35. The Labute approximate surface area is 60.7 Å². The quantitative estimate of drug-likeness (QED) is 0.598. The van der Waals surface area contributed by atoms with Crippen LogP contribution in [0.4, 0.5) is 0 Å². The van der Waals surface area contributed by atoms with Gasteiger partial charge in [-0.2, -0.15) is 0 Å². The van der Waals surface area contributed by atoms with Crippen molar-refractivity contribution in [3.8, 4) is 0 Å². The number of nitrogens with one attached hydrogen (secondary N) is 1. The van der Waals surface area contributed by atoms with Gasteiger partial charge in [0.05, 0.1) is 6.61 Å². The van der Waals surface area contributed by atoms with Gasteiger partial charge < -0.3 is 10.1 Å². The fourth-order valence-electron chi connectivity index (χ4n) is 1.03. The Balaban J connectivity index is 2.07. The van der Waals surface area contributed by atoms with Crippen molar-refractivity contribution in [1.29, 1.82) is 0 Å². The van der Waals surface area contributed by atoms with Gasteiger partial charge in [-0.3, -0.25) is 4.79 Å². The highest BCUT2D eigenvalue weighted by Gasteiger charge is 2.14. The molecule has 0 radical (unpaired) electrons. The Morgan fingerprint density at radius 1 is 1.80 bits per heavy atom. The molecule has 1 fully saturated rings. The SMILES string of the molecule is CC(=O)NCC1CCOC1. The molecule has 1 aliphatic rings. The van der Waals surface area contributed by atoms with Gasteiger partial charge in [-0.05, 0) is 6.42 Å². The van der Waals surface area contributed by atoms with Gasteiger partial charge in [0.15, 0.2) is 0 Å². The van der Waals surface area contributed by atoms with Crippen LogP contribution in [0.3, 0.4) is 0 Å². The van der Waals surface area contributed by atoms with E-state index in [0.29, 0.717) is 5.92 Å². The average Bonchev–Trinajstić information content (AvgIpc) is 2.34. The van der Waals surface area contributed by atoms with Crippen molar-refractivity contribution in [3.05, 3.63) is 0 Å². The van der Waals surface area contributed by atoms with Crippen LogP contribution in [0.25, 0.3) is 0 Å². The van der Waals surface area contributed by atoms with Gasteiger partial charge in [0.1, 0.15) is 0 Å². The molecule has 1 amide bonds. The van der Waals surface area contributed by atoms with Gasteiger partial charge in [0.25, 0.3) is 0 Å². The first-order valence-electron chi connectivity index (χ1n) is 3.61. The summed E-state index contributed by atoms with van der Waals surface area (Å²) in [5, 5.41) is 2.77. The van der Waals surface area contributed by atoms with Crippen LogP contribution < -0.4 is 5.32 Å². The molecule has 0 aromatic carbocycles. The van der Waals surface area contributed by atoms with Gasteiger partial charge >= 0.3 is 0 Å². The van der Waals surface area contributed by atoms with Gasteiger partial charge in [-0.25, -0.2) is 0 Å². The fourth-order valence-corrected chi connectivity index (χ4v) is 1.03. The normalized spacial score (nSPS) is 24.7. The van der Waals surface area contributed by atoms with Crippen molar-refractivity contribution < 1.29 is 9.53 Å². The van der Waals surface area contributed by atoms with Crippen LogP contribution in [0, 0.1) is 5.92 Å². The van der Waals surface area contributed by atoms with Gasteiger partial charge in [0.2, 0.25) is 5.91 Å². The predicted octanol–water partition coefficient (Wildman–Crippen LogP) is 0.159. The van der Waals surface area contributed by atoms with Gasteiger partial charge in [0, 0.05) is 26.0 Å². The molecule has 1 unspecified atom stereocenters. The Kier molecular flexibility index (Phi) is 2.68. The Hall–Kier alpha value is -0.570. The molecule has 1 heterocycles. The standard InChI is InChI=1S/C7H13NO2/c1-6(9)8-4-7-2-3-10-5-7/h7H,2-5H2,1H3,(H,8,9). The van der Waals surface area contributed by atoms with Crippen molar-refractivity contribution in [1.82, 2.24) is 5.32 Å². The molecule has 0 aromatic rings. The van der Waals surface area contributed by atoms with Crippen molar-refractivity contribution in [2.45, 2.75) is 13.3 Å². The molecule has 0 bridgehead atoms. The van der Waals surface area contributed by atoms with Crippen molar-refractivity contribution in [3.63, 3.8) is 0 Å². The third-order valence-corrected chi connectivity index (χ3v) is 1.66. The van der Waals surface area contributed by atoms with Crippen LogP contribution in [0.2, 0.25) is 0 Å². The molecule has 0 aromatic heterocycles. The summed E-state index contributed by atoms with van der Waals surface area (Å²) in [5.74, 6) is 0.593. The van der Waals surface area contributed by atoms with E-state index in [9.17, 15) is 4.79 Å². The maximum atomic E-state index is 10.4. The molecule has 1 aliphatic heterocycles. The molecule has 3 heteroatoms. The maximum absolute atomic E-state index is 10.4. The number of carbonyl (C=O) groups is 1. The Morgan fingerprint density at radius 2 is 2.60 bits per heavy atom. The molecule has 0 aliphatic carbocycles. The van der Waals surface area contributed by atoms with E-state index in [2.05, 4.69) is 5.32 Å². The zero-order chi connectivity index (χ0) is 7.40. The zero-order valence-corrected chi connectivity index (χ0v) is 6.22. The molecule has 10 heavy (non-hydrogen) atoms. The van der Waals surface area contributed by atoms with E-state index >= 15 is 0 Å². The third-order valence-electron chi connectivity index (χ3n) is 1.66. The highest BCUT2D eigenvalue weighted by molar-refractivity contribution is 5.72. The zero-order valence-electron chi connectivity index (χ0n) is 6.22. The second-order valence-electron chi connectivity index (χ2n) is 2.67. The predicted molar refractivity (Wildman–Crippen MR) is 37.6 cm³/mol. The molecular formula is C7H13NO2. The van der Waals surface area contributed by atoms with E-state index in [4.69, 9.17) is 4.74 Å². The lowest BCUT2D eigenvalue weighted by Crippen LogP contribution is -2.26. The summed E-state index contributed by atoms with van der Waals surface area (Å²) in [5.41, 5.74) is 0. The molecule has 1 rings (SSSR count). The van der Waals surface area contributed by atoms with Crippen LogP contribution >= 0.6 is 0 Å². The first kappa shape index (κ1) is 7.54. The monoisotopic (exact) mass is 143 g/mol. The smallest absolute Gasteiger partial charge is 0.216 e. The van der Waals surface area contributed by atoms with E-state index in [1.807, 2.05) is 0 Å². The minimum Gasteiger partial charge on any atom is -0.381 e. The fraction of sp³-hybridized carbons (Fsp3) is 0.857. The van der Waals surface area contributed by atoms with Crippen LogP contribution in [-0.2, 0) is 9.53 Å². The van der Waals surface area contributed by atoms with E-state index in [1.165, 1.54) is 6.92 Å². The lowest BCUT2D eigenvalue weighted by Gasteiger charge is -2.06. The minimum atomic E-state index is 0.0481. The lowest BCUT2D eigenvalue weighted by atomic mass is 10.1. The first-order valence-corrected chi connectivity index (χ1v) is 3.61. The number of hydrogen-bond acceptors (Lipinski definition) is 2. The largest absolute Gasteiger partial charge is 0.381 e. The highest BCUT2D eigenvalue weighted by Crippen LogP contribution is 2.10. The van der Waals surface area contributed by atoms with Crippen molar-refractivity contribution in [2.24, 2.45) is 5.92 Å². The van der Waals surface area contributed by atoms with Crippen LogP contribution in [0.5, 0.6) is 0 Å². The molecular weight excluding hydrogens is 130 g/mol. The number of amides is 1. The van der Waals surface area contributed by atoms with E-state index in [1.54, 1.807) is 0 Å². The van der Waals surface area contributed by atoms with Crippen LogP contribution in [0.15, 0.2) is 0 Å². The van der Waals surface area contributed by atoms with Crippen LogP contribution in [0.1, 0.15) is 13.3 Å². The summed E-state index contributed by atoms with van der Waals surface area (Å²) in [6.45, 7) is 3.97. The van der Waals surface area contributed by atoms with Crippen molar-refractivity contribution >= 4 is 5.91 Å². The lowest BCUT2D eigenvalue weighted by molar-refractivity contribution is -0.119. The molecule has 0 spiro atoms. The highest BCUT2D eigenvalue weighted by atomic mass is 16.5. The molecule has 1 atom stereocenters. The average molecular weight is 143 g/mol. The molecule has 1 N–H and O–H groups in total. The van der Waals surface area contributed by atoms with Crippen LogP contribution in [-0.4, -0.2) is 25.7 Å². The molecule has 58 valence electrons. The number of rotatable bonds is 2. The number of hydrogen-bond donors (Lipinski definition) is 1. The number of carbonyl (C=O) groups excluding carboxylic acids is 1. The molecule has 3 nitrogen and oxygen atoms in total. The first-order chi connectivity index (χ1) is 4.79. The molecule has 0 saturated carbocycles. The Morgan fingerprint density at radius 3 is 3.10 bits per heavy atom. The summed E-state index contributed by atoms with van der Waals surface area (Å²) >= 11 is 0. The molecule has 1 saturated heterocycles. The minimum absolute atomic E-state index is 0.0481. The summed E-state index contributed by atoms with van der Waals surface area (Å²) in [4.78, 5) is 10.4. The van der Waals surface area contributed by atoms with Crippen molar-refractivity contribution in [2.75, 3.05) is 19.8 Å². The van der Waals surface area contributed by atoms with E-state index in [-0.39, 0.29) is 5.91 Å². The topological polar surface area (TPSA) is 38.3 Å². The van der Waals surface area contributed by atoms with E-state index in [0.717, 1.165) is 26.2 Å². The summed E-state index contributed by atoms with van der Waals surface area (Å²) in [6, 6.07) is 0. The van der Waals surface area contributed by atoms with Gasteiger partial charge in [-0.1, -0.05) is 0 Å². The van der Waals surface area contributed by atoms with Gasteiger partial charge in [-0.15, -0.1) is 0 Å². The van der Waals surface area contributed by atoms with E-state index < -0.39 is 0 Å². The summed E-state index contributed by atoms with van der Waals surface area (Å²) < 4.78 is 5.14. The number of ether oxygens (including phenoxy) is 1. The second kappa shape index (κ2) is 3.56. The maximum Gasteiger partial charge on any atom is 0.216 e. The second-order valence-corrected chi connectivity index (χ2v) is 2.67. The Bertz CT molecular complexity index is 119. The summed E-state index contributed by atoms with van der Waals surface area (Å²) in [7, 11) is 0. The summed E-state index contributed by atoms with van der Waals surface area (Å²) in [6.07, 6.45) is 1.08.